The average molecular weight is 755 g/mol. The molecule has 8 aromatic carbocycles. The molecule has 10 rings (SSSR count). The molecular formula is C53H34N6. The first-order valence-electron chi connectivity index (χ1n) is 19.5. The molecule has 0 unspecified atom stereocenters. The maximum Gasteiger partial charge on any atom is 0.164 e. The third-order valence-corrected chi connectivity index (χ3v) is 10.5. The Kier molecular flexibility index (Phi) is 9.14. The zero-order valence-electron chi connectivity index (χ0n) is 31.8. The molecule has 2 heterocycles. The summed E-state index contributed by atoms with van der Waals surface area (Å²) in [5, 5.41) is 9.57. The van der Waals surface area contributed by atoms with Crippen molar-refractivity contribution in [3.05, 3.63) is 212 Å². The highest BCUT2D eigenvalue weighted by Gasteiger charge is 2.17. The van der Waals surface area contributed by atoms with Crippen LogP contribution in [0.4, 0.5) is 0 Å². The lowest BCUT2D eigenvalue weighted by Crippen LogP contribution is -2.00. The van der Waals surface area contributed by atoms with Gasteiger partial charge in [0.2, 0.25) is 0 Å². The molecule has 6 heteroatoms. The van der Waals surface area contributed by atoms with Crippen LogP contribution >= 0.6 is 0 Å². The SMILES string of the molecule is N#Cc1cccc(-c2nc(-c3ccccc3)nc(-c3ccc(-c4ccccc4-c4ccccc4-c4ccc(-n5c(-c6ccccc6)nc6ccccc65)cc4)cc3)n2)c1. The standard InChI is InChI=1S/C53H34N6/c54-35-36-14-13-19-42(34-36)52-57-50(39-15-3-1-4-16-39)56-51(58-52)40-28-26-37(27-29-40)44-20-7-9-22-46(44)47-23-10-8-21-45(47)38-30-32-43(33-31-38)59-49-25-12-11-24-48(49)55-53(59)41-17-5-2-6-18-41/h1-34H. The molecule has 276 valence electrons. The molecule has 0 aliphatic rings. The minimum Gasteiger partial charge on any atom is -0.292 e. The van der Waals surface area contributed by atoms with Crippen LogP contribution in [-0.4, -0.2) is 24.5 Å². The maximum absolute atomic E-state index is 9.57. The van der Waals surface area contributed by atoms with E-state index in [9.17, 15) is 5.26 Å². The van der Waals surface area contributed by atoms with E-state index in [1.54, 1.807) is 6.07 Å². The highest BCUT2D eigenvalue weighted by atomic mass is 15.1. The number of fused-ring (bicyclic) bond motifs is 1. The normalized spacial score (nSPS) is 11.0. The van der Waals surface area contributed by atoms with Crippen molar-refractivity contribution >= 4 is 11.0 Å². The maximum atomic E-state index is 9.57. The predicted octanol–water partition coefficient (Wildman–Crippen LogP) is 12.8. The molecule has 59 heavy (non-hydrogen) atoms. The fourth-order valence-electron chi connectivity index (χ4n) is 7.67. The number of hydrogen-bond donors (Lipinski definition) is 0. The number of hydrogen-bond acceptors (Lipinski definition) is 5. The molecule has 10 aromatic rings. The second-order valence-corrected chi connectivity index (χ2v) is 14.2. The summed E-state index contributed by atoms with van der Waals surface area (Å²) in [5.74, 6) is 2.56. The Morgan fingerprint density at radius 1 is 0.356 bits per heavy atom. The summed E-state index contributed by atoms with van der Waals surface area (Å²) >= 11 is 0. The molecule has 0 bridgehead atoms. The van der Waals surface area contributed by atoms with Crippen molar-refractivity contribution in [2.75, 3.05) is 0 Å². The lowest BCUT2D eigenvalue weighted by atomic mass is 9.89. The van der Waals surface area contributed by atoms with Gasteiger partial charge in [0.15, 0.2) is 17.5 Å². The second kappa shape index (κ2) is 15.3. The molecule has 0 saturated heterocycles. The van der Waals surface area contributed by atoms with E-state index in [0.29, 0.717) is 23.0 Å². The monoisotopic (exact) mass is 754 g/mol. The molecule has 0 fully saturated rings. The Hall–Kier alpha value is -8.27. The van der Waals surface area contributed by atoms with Crippen LogP contribution in [0, 0.1) is 11.3 Å². The van der Waals surface area contributed by atoms with E-state index < -0.39 is 0 Å². The molecule has 2 aromatic heterocycles. The first kappa shape index (κ1) is 35.2. The van der Waals surface area contributed by atoms with Gasteiger partial charge >= 0.3 is 0 Å². The summed E-state index contributed by atoms with van der Waals surface area (Å²) in [6.45, 7) is 0. The zero-order chi connectivity index (χ0) is 39.5. The van der Waals surface area contributed by atoms with E-state index in [1.807, 2.05) is 60.7 Å². The third-order valence-electron chi connectivity index (χ3n) is 10.5. The Balaban J connectivity index is 1.00. The number of aromatic nitrogens is 5. The van der Waals surface area contributed by atoms with Crippen molar-refractivity contribution in [3.8, 4) is 90.7 Å². The number of benzene rings is 8. The predicted molar refractivity (Wildman–Crippen MR) is 237 cm³/mol. The van der Waals surface area contributed by atoms with Crippen LogP contribution in [0.1, 0.15) is 5.56 Å². The quantitative estimate of drug-likeness (QED) is 0.154. The Bertz CT molecular complexity index is 3150. The minimum absolute atomic E-state index is 0.514. The van der Waals surface area contributed by atoms with Crippen molar-refractivity contribution in [3.63, 3.8) is 0 Å². The lowest BCUT2D eigenvalue weighted by molar-refractivity contribution is 1.07. The van der Waals surface area contributed by atoms with E-state index in [-0.39, 0.29) is 0 Å². The highest BCUT2D eigenvalue weighted by molar-refractivity contribution is 5.92. The molecule has 0 amide bonds. The van der Waals surface area contributed by atoms with Gasteiger partial charge in [0.05, 0.1) is 22.7 Å². The van der Waals surface area contributed by atoms with Crippen LogP contribution in [0.3, 0.4) is 0 Å². The number of nitriles is 1. The average Bonchev–Trinajstić information content (AvgIpc) is 3.72. The van der Waals surface area contributed by atoms with Gasteiger partial charge in [0.25, 0.3) is 0 Å². The van der Waals surface area contributed by atoms with Crippen LogP contribution in [0.15, 0.2) is 206 Å². The highest BCUT2D eigenvalue weighted by Crippen LogP contribution is 2.39. The summed E-state index contributed by atoms with van der Waals surface area (Å²) in [7, 11) is 0. The van der Waals surface area contributed by atoms with Gasteiger partial charge in [-0.1, -0.05) is 170 Å². The van der Waals surface area contributed by atoms with Crippen molar-refractivity contribution in [1.82, 2.24) is 24.5 Å². The van der Waals surface area contributed by atoms with E-state index in [4.69, 9.17) is 19.9 Å². The van der Waals surface area contributed by atoms with Crippen LogP contribution in [0.5, 0.6) is 0 Å². The number of para-hydroxylation sites is 2. The van der Waals surface area contributed by atoms with Gasteiger partial charge in [0, 0.05) is 27.9 Å². The zero-order valence-corrected chi connectivity index (χ0v) is 31.8. The molecule has 0 atom stereocenters. The number of imidazole rings is 1. The van der Waals surface area contributed by atoms with E-state index in [2.05, 4.69) is 150 Å². The number of rotatable bonds is 8. The van der Waals surface area contributed by atoms with Gasteiger partial charge in [-0.15, -0.1) is 0 Å². The van der Waals surface area contributed by atoms with E-state index >= 15 is 0 Å². The summed E-state index contributed by atoms with van der Waals surface area (Å²) < 4.78 is 2.24. The minimum atomic E-state index is 0.514. The first-order chi connectivity index (χ1) is 29.2. The van der Waals surface area contributed by atoms with Crippen LogP contribution in [0.2, 0.25) is 0 Å². The van der Waals surface area contributed by atoms with E-state index in [1.165, 1.54) is 0 Å². The van der Waals surface area contributed by atoms with Gasteiger partial charge in [-0.2, -0.15) is 5.26 Å². The van der Waals surface area contributed by atoms with Crippen LogP contribution < -0.4 is 0 Å². The fraction of sp³-hybridized carbons (Fsp3) is 0. The first-order valence-corrected chi connectivity index (χ1v) is 19.5. The molecule has 0 radical (unpaired) electrons. The van der Waals surface area contributed by atoms with Gasteiger partial charge in [-0.05, 0) is 69.8 Å². The smallest absolute Gasteiger partial charge is 0.164 e. The Morgan fingerprint density at radius 2 is 0.814 bits per heavy atom. The molecule has 0 aliphatic heterocycles. The second-order valence-electron chi connectivity index (χ2n) is 14.2. The molecule has 0 N–H and O–H groups in total. The van der Waals surface area contributed by atoms with Crippen molar-refractivity contribution in [2.24, 2.45) is 0 Å². The number of nitrogens with zero attached hydrogens (tertiary/aromatic N) is 6. The van der Waals surface area contributed by atoms with Crippen LogP contribution in [-0.2, 0) is 0 Å². The van der Waals surface area contributed by atoms with Gasteiger partial charge in [0.1, 0.15) is 5.82 Å². The fourth-order valence-corrected chi connectivity index (χ4v) is 7.67. The van der Waals surface area contributed by atoms with Crippen molar-refractivity contribution in [2.45, 2.75) is 0 Å². The van der Waals surface area contributed by atoms with Gasteiger partial charge in [-0.3, -0.25) is 4.57 Å². The lowest BCUT2D eigenvalue weighted by Gasteiger charge is -2.16. The molecule has 0 saturated carbocycles. The largest absolute Gasteiger partial charge is 0.292 e. The summed E-state index contributed by atoms with van der Waals surface area (Å²) in [6.07, 6.45) is 0. The van der Waals surface area contributed by atoms with Crippen LogP contribution in [0.25, 0.3) is 95.7 Å². The van der Waals surface area contributed by atoms with Gasteiger partial charge in [-0.25, -0.2) is 19.9 Å². The Labute approximate surface area is 342 Å². The Morgan fingerprint density at radius 3 is 1.42 bits per heavy atom. The van der Waals surface area contributed by atoms with E-state index in [0.717, 1.165) is 78.2 Å². The van der Waals surface area contributed by atoms with Crippen molar-refractivity contribution in [1.29, 1.82) is 5.26 Å². The molecule has 0 spiro atoms. The molecule has 6 nitrogen and oxygen atoms in total. The van der Waals surface area contributed by atoms with Crippen molar-refractivity contribution < 1.29 is 0 Å². The summed E-state index contributed by atoms with van der Waals surface area (Å²) in [4.78, 5) is 19.7. The third kappa shape index (κ3) is 6.84. The molecular weight excluding hydrogens is 721 g/mol. The van der Waals surface area contributed by atoms with Gasteiger partial charge < -0.3 is 0 Å². The summed E-state index contributed by atoms with van der Waals surface area (Å²) in [6, 6.07) is 72.5. The summed E-state index contributed by atoms with van der Waals surface area (Å²) in [5.41, 5.74) is 14.0. The topological polar surface area (TPSA) is 80.3 Å². The molecule has 0 aliphatic carbocycles.